The Morgan fingerprint density at radius 3 is 2.24 bits per heavy atom. The second-order valence-electron chi connectivity index (χ2n) is 4.34. The number of aryl methyl sites for hydroxylation is 2. The van der Waals surface area contributed by atoms with E-state index in [0.29, 0.717) is 5.56 Å². The van der Waals surface area contributed by atoms with Crippen LogP contribution >= 0.6 is 0 Å². The number of carboxylic acids is 1. The van der Waals surface area contributed by atoms with Crippen molar-refractivity contribution in [2.75, 3.05) is 0 Å². The Balaban J connectivity index is 2.96. The van der Waals surface area contributed by atoms with E-state index >= 15 is 0 Å². The van der Waals surface area contributed by atoms with Crippen molar-refractivity contribution in [3.63, 3.8) is 0 Å². The SMILES string of the molecule is Cc1c(C(=O)O)cc2c(C)cc(O)cc2c1C. The largest absolute Gasteiger partial charge is 0.508 e. The Bertz CT molecular complexity index is 627. The van der Waals surface area contributed by atoms with Gasteiger partial charge in [0.15, 0.2) is 0 Å². The molecule has 17 heavy (non-hydrogen) atoms. The zero-order valence-electron chi connectivity index (χ0n) is 10.0. The molecule has 2 rings (SSSR count). The first-order chi connectivity index (χ1) is 7.91. The maximum atomic E-state index is 11.1. The predicted octanol–water partition coefficient (Wildman–Crippen LogP) is 3.17. The van der Waals surface area contributed by atoms with Crippen LogP contribution in [-0.2, 0) is 0 Å². The van der Waals surface area contributed by atoms with Gasteiger partial charge in [-0.3, -0.25) is 0 Å². The number of carbonyl (C=O) groups is 1. The third kappa shape index (κ3) is 1.73. The molecule has 0 amide bonds. The molecule has 0 aliphatic rings. The van der Waals surface area contributed by atoms with Crippen molar-refractivity contribution in [1.29, 1.82) is 0 Å². The average Bonchev–Trinajstić information content (AvgIpc) is 2.23. The minimum Gasteiger partial charge on any atom is -0.508 e. The van der Waals surface area contributed by atoms with Crippen molar-refractivity contribution in [3.8, 4) is 5.75 Å². The van der Waals surface area contributed by atoms with Crippen LogP contribution in [-0.4, -0.2) is 16.2 Å². The number of hydrogen-bond donors (Lipinski definition) is 2. The van der Waals surface area contributed by atoms with Gasteiger partial charge in [-0.1, -0.05) is 0 Å². The number of aromatic hydroxyl groups is 1. The van der Waals surface area contributed by atoms with Gasteiger partial charge >= 0.3 is 5.97 Å². The molecule has 3 heteroatoms. The number of phenols is 1. The Hall–Kier alpha value is -2.03. The fourth-order valence-corrected chi connectivity index (χ4v) is 2.16. The van der Waals surface area contributed by atoms with Gasteiger partial charge in [-0.25, -0.2) is 4.79 Å². The Morgan fingerprint density at radius 2 is 1.65 bits per heavy atom. The van der Waals surface area contributed by atoms with Crippen molar-refractivity contribution in [2.24, 2.45) is 0 Å². The highest BCUT2D eigenvalue weighted by molar-refractivity contribution is 5.99. The van der Waals surface area contributed by atoms with Crippen LogP contribution in [0.2, 0.25) is 0 Å². The molecule has 0 atom stereocenters. The summed E-state index contributed by atoms with van der Waals surface area (Å²) in [5, 5.41) is 20.5. The number of rotatable bonds is 1. The van der Waals surface area contributed by atoms with Crippen molar-refractivity contribution in [3.05, 3.63) is 40.5 Å². The second kappa shape index (κ2) is 3.77. The Morgan fingerprint density at radius 1 is 1.00 bits per heavy atom. The van der Waals surface area contributed by atoms with Gasteiger partial charge in [-0.2, -0.15) is 0 Å². The molecule has 0 radical (unpaired) electrons. The van der Waals surface area contributed by atoms with Crippen LogP contribution in [0.3, 0.4) is 0 Å². The first-order valence-electron chi connectivity index (χ1n) is 5.38. The van der Waals surface area contributed by atoms with E-state index in [1.54, 1.807) is 25.1 Å². The number of fused-ring (bicyclic) bond motifs is 1. The molecule has 0 aliphatic heterocycles. The standard InChI is InChI=1S/C14H14O3/c1-7-4-10(15)5-12-8(2)9(3)13(14(16)17)6-11(7)12/h4-6,15H,1-3H3,(H,16,17). The summed E-state index contributed by atoms with van der Waals surface area (Å²) < 4.78 is 0. The lowest BCUT2D eigenvalue weighted by atomic mass is 9.93. The van der Waals surface area contributed by atoms with Gasteiger partial charge in [0, 0.05) is 0 Å². The Kier molecular flexibility index (Phi) is 2.54. The molecule has 0 unspecified atom stereocenters. The monoisotopic (exact) mass is 230 g/mol. The van der Waals surface area contributed by atoms with Gasteiger partial charge in [0.05, 0.1) is 5.56 Å². The van der Waals surface area contributed by atoms with Crippen molar-refractivity contribution >= 4 is 16.7 Å². The molecule has 2 N–H and O–H groups in total. The van der Waals surface area contributed by atoms with E-state index in [1.807, 2.05) is 13.8 Å². The molecule has 0 spiro atoms. The van der Waals surface area contributed by atoms with E-state index < -0.39 is 5.97 Å². The maximum Gasteiger partial charge on any atom is 0.335 e. The summed E-state index contributed by atoms with van der Waals surface area (Å²) in [4.78, 5) is 11.1. The summed E-state index contributed by atoms with van der Waals surface area (Å²) in [7, 11) is 0. The van der Waals surface area contributed by atoms with Gasteiger partial charge in [-0.15, -0.1) is 0 Å². The summed E-state index contributed by atoms with van der Waals surface area (Å²) in [6.07, 6.45) is 0. The first-order valence-corrected chi connectivity index (χ1v) is 5.38. The zero-order chi connectivity index (χ0) is 12.7. The average molecular weight is 230 g/mol. The number of hydrogen-bond acceptors (Lipinski definition) is 2. The highest BCUT2D eigenvalue weighted by Gasteiger charge is 2.13. The van der Waals surface area contributed by atoms with E-state index in [-0.39, 0.29) is 5.75 Å². The van der Waals surface area contributed by atoms with Gasteiger partial charge in [-0.05, 0) is 66.4 Å². The van der Waals surface area contributed by atoms with E-state index in [9.17, 15) is 9.90 Å². The van der Waals surface area contributed by atoms with Crippen LogP contribution in [0.1, 0.15) is 27.0 Å². The van der Waals surface area contributed by atoms with Crippen molar-refractivity contribution < 1.29 is 15.0 Å². The van der Waals surface area contributed by atoms with E-state index in [1.165, 1.54) is 0 Å². The van der Waals surface area contributed by atoms with Crippen molar-refractivity contribution in [2.45, 2.75) is 20.8 Å². The number of benzene rings is 2. The van der Waals surface area contributed by atoms with E-state index in [0.717, 1.165) is 27.5 Å². The molecule has 88 valence electrons. The lowest BCUT2D eigenvalue weighted by molar-refractivity contribution is 0.0696. The molecule has 0 bridgehead atoms. The molecular formula is C14H14O3. The van der Waals surface area contributed by atoms with Crippen LogP contribution in [0.25, 0.3) is 10.8 Å². The molecule has 0 heterocycles. The first kappa shape index (κ1) is 11.5. The summed E-state index contributed by atoms with van der Waals surface area (Å²) in [5.41, 5.74) is 2.85. The van der Waals surface area contributed by atoms with E-state index in [4.69, 9.17) is 5.11 Å². The minimum atomic E-state index is -0.917. The van der Waals surface area contributed by atoms with Gasteiger partial charge in [0.2, 0.25) is 0 Å². The van der Waals surface area contributed by atoms with Crippen molar-refractivity contribution in [1.82, 2.24) is 0 Å². The van der Waals surface area contributed by atoms with Gasteiger partial charge in [0.25, 0.3) is 0 Å². The molecule has 2 aromatic rings. The lowest BCUT2D eigenvalue weighted by Crippen LogP contribution is -2.02. The Labute approximate surface area is 99.3 Å². The number of carboxylic acid groups (broad SMARTS) is 1. The smallest absolute Gasteiger partial charge is 0.335 e. The fraction of sp³-hybridized carbons (Fsp3) is 0.214. The van der Waals surface area contributed by atoms with Crippen LogP contribution < -0.4 is 0 Å². The molecule has 0 aliphatic carbocycles. The maximum absolute atomic E-state index is 11.1. The summed E-state index contributed by atoms with van der Waals surface area (Å²) in [6, 6.07) is 4.99. The summed E-state index contributed by atoms with van der Waals surface area (Å²) >= 11 is 0. The molecule has 0 fully saturated rings. The van der Waals surface area contributed by atoms with Gasteiger partial charge in [0.1, 0.15) is 5.75 Å². The van der Waals surface area contributed by atoms with Gasteiger partial charge < -0.3 is 10.2 Å². The molecule has 3 nitrogen and oxygen atoms in total. The third-order valence-corrected chi connectivity index (χ3v) is 3.26. The second-order valence-corrected chi connectivity index (χ2v) is 4.34. The van der Waals surface area contributed by atoms with E-state index in [2.05, 4.69) is 0 Å². The third-order valence-electron chi connectivity index (χ3n) is 3.26. The number of phenolic OH excluding ortho intramolecular Hbond substituents is 1. The lowest BCUT2D eigenvalue weighted by Gasteiger charge is -2.12. The molecule has 0 saturated heterocycles. The zero-order valence-corrected chi connectivity index (χ0v) is 10.0. The quantitative estimate of drug-likeness (QED) is 0.791. The van der Waals surface area contributed by atoms with Crippen LogP contribution in [0.5, 0.6) is 5.75 Å². The highest BCUT2D eigenvalue weighted by atomic mass is 16.4. The molecular weight excluding hydrogens is 216 g/mol. The molecule has 0 saturated carbocycles. The highest BCUT2D eigenvalue weighted by Crippen LogP contribution is 2.30. The number of aromatic carboxylic acids is 1. The minimum absolute atomic E-state index is 0.209. The molecule has 0 aromatic heterocycles. The summed E-state index contributed by atoms with van der Waals surface area (Å²) in [5.74, 6) is -0.708. The summed E-state index contributed by atoms with van der Waals surface area (Å²) in [6.45, 7) is 5.53. The van der Waals surface area contributed by atoms with Crippen LogP contribution in [0.15, 0.2) is 18.2 Å². The normalized spacial score (nSPS) is 10.8. The topological polar surface area (TPSA) is 57.5 Å². The molecule has 2 aromatic carbocycles. The predicted molar refractivity (Wildman–Crippen MR) is 66.8 cm³/mol. The van der Waals surface area contributed by atoms with Crippen LogP contribution in [0.4, 0.5) is 0 Å². The fourth-order valence-electron chi connectivity index (χ4n) is 2.16. The van der Waals surface area contributed by atoms with Crippen LogP contribution in [0, 0.1) is 20.8 Å².